The van der Waals surface area contributed by atoms with Gasteiger partial charge in [-0.3, -0.25) is 4.79 Å². The number of hydrogen-bond acceptors (Lipinski definition) is 5. The lowest BCUT2D eigenvalue weighted by Gasteiger charge is -2.22. The third kappa shape index (κ3) is 6.45. The normalized spacial score (nSPS) is 14.1. The minimum Gasteiger partial charge on any atom is -0.486 e. The van der Waals surface area contributed by atoms with Crippen LogP contribution in [0.15, 0.2) is 47.6 Å². The molecule has 0 atom stereocenters. The lowest BCUT2D eigenvalue weighted by molar-refractivity contribution is -0.113. The van der Waals surface area contributed by atoms with E-state index in [1.54, 1.807) is 0 Å². The van der Waals surface area contributed by atoms with Crippen LogP contribution in [-0.2, 0) is 31.3 Å². The number of benzene rings is 2. The summed E-state index contributed by atoms with van der Waals surface area (Å²) in [6.45, 7) is 4.55. The van der Waals surface area contributed by atoms with Crippen molar-refractivity contribution in [3.63, 3.8) is 0 Å². The summed E-state index contributed by atoms with van der Waals surface area (Å²) >= 11 is 1.38. The van der Waals surface area contributed by atoms with Gasteiger partial charge in [0.2, 0.25) is 5.91 Å². The average Bonchev–Trinajstić information content (AvgIpc) is 3.26. The first-order chi connectivity index (χ1) is 17.1. The summed E-state index contributed by atoms with van der Waals surface area (Å²) in [5.74, 6) is 2.49. The Morgan fingerprint density at radius 3 is 2.37 bits per heavy atom. The molecular weight excluding hydrogens is 456 g/mol. The first kappa shape index (κ1) is 25.3. The maximum absolute atomic E-state index is 12.7. The Hall–Kier alpha value is -2.80. The molecule has 186 valence electrons. The van der Waals surface area contributed by atoms with Crippen LogP contribution in [0.4, 0.5) is 5.69 Å². The van der Waals surface area contributed by atoms with Crippen LogP contribution < -0.4 is 10.1 Å². The van der Waals surface area contributed by atoms with E-state index in [2.05, 4.69) is 71.8 Å². The highest BCUT2D eigenvalue weighted by molar-refractivity contribution is 7.99. The Morgan fingerprint density at radius 2 is 1.71 bits per heavy atom. The zero-order valence-corrected chi connectivity index (χ0v) is 21.9. The SMILES string of the molecule is CCc1cccc(CC)c1NC(=O)CSc1nnc(COc2ccc(C3CCCCC3)cc2)n1C. The lowest BCUT2D eigenvalue weighted by Crippen LogP contribution is -2.17. The number of anilines is 1. The van der Waals surface area contributed by atoms with E-state index in [-0.39, 0.29) is 11.7 Å². The van der Waals surface area contributed by atoms with E-state index in [4.69, 9.17) is 4.74 Å². The number of hydrogen-bond donors (Lipinski definition) is 1. The van der Waals surface area contributed by atoms with Gasteiger partial charge in [0.1, 0.15) is 12.4 Å². The molecular formula is C28H36N4O2S. The van der Waals surface area contributed by atoms with Gasteiger partial charge in [-0.25, -0.2) is 0 Å². The Balaban J connectivity index is 1.29. The molecule has 0 aliphatic heterocycles. The summed E-state index contributed by atoms with van der Waals surface area (Å²) in [6.07, 6.45) is 8.39. The predicted molar refractivity (Wildman–Crippen MR) is 142 cm³/mol. The van der Waals surface area contributed by atoms with Gasteiger partial charge >= 0.3 is 0 Å². The minimum atomic E-state index is -0.0375. The quantitative estimate of drug-likeness (QED) is 0.337. The maximum Gasteiger partial charge on any atom is 0.234 e. The highest BCUT2D eigenvalue weighted by atomic mass is 32.2. The third-order valence-corrected chi connectivity index (χ3v) is 7.87. The molecule has 0 saturated heterocycles. The number of carbonyl (C=O) groups is 1. The lowest BCUT2D eigenvalue weighted by atomic mass is 9.84. The van der Waals surface area contributed by atoms with Crippen molar-refractivity contribution in [3.05, 3.63) is 65.0 Å². The predicted octanol–water partition coefficient (Wildman–Crippen LogP) is 6.30. The molecule has 1 saturated carbocycles. The Labute approximate surface area is 212 Å². The van der Waals surface area contributed by atoms with E-state index in [1.807, 2.05) is 11.6 Å². The van der Waals surface area contributed by atoms with Crippen LogP contribution in [0, 0.1) is 0 Å². The fraction of sp³-hybridized carbons (Fsp3) is 0.464. The minimum absolute atomic E-state index is 0.0375. The molecule has 4 rings (SSSR count). The fourth-order valence-corrected chi connectivity index (χ4v) is 5.46. The van der Waals surface area contributed by atoms with Gasteiger partial charge in [-0.2, -0.15) is 0 Å². The van der Waals surface area contributed by atoms with Gasteiger partial charge in [0.15, 0.2) is 11.0 Å². The van der Waals surface area contributed by atoms with Crippen LogP contribution in [0.3, 0.4) is 0 Å². The smallest absolute Gasteiger partial charge is 0.234 e. The molecule has 1 fully saturated rings. The number of nitrogens with zero attached hydrogens (tertiary/aromatic N) is 3. The van der Waals surface area contributed by atoms with Crippen molar-refractivity contribution in [2.24, 2.45) is 7.05 Å². The zero-order chi connectivity index (χ0) is 24.6. The summed E-state index contributed by atoms with van der Waals surface area (Å²) < 4.78 is 7.87. The monoisotopic (exact) mass is 492 g/mol. The standard InChI is InChI=1S/C28H36N4O2S/c1-4-20-12-9-13-21(5-2)27(20)29-26(33)19-35-28-31-30-25(32(28)3)18-34-24-16-14-23(15-17-24)22-10-7-6-8-11-22/h9,12-17,22H,4-8,10-11,18-19H2,1-3H3,(H,29,33). The molecule has 1 aliphatic rings. The van der Waals surface area contributed by atoms with Gasteiger partial charge in [0, 0.05) is 12.7 Å². The molecule has 0 radical (unpaired) electrons. The molecule has 0 bridgehead atoms. The van der Waals surface area contributed by atoms with E-state index in [9.17, 15) is 4.79 Å². The van der Waals surface area contributed by atoms with E-state index in [0.717, 1.165) is 41.2 Å². The molecule has 0 unspecified atom stereocenters. The van der Waals surface area contributed by atoms with Crippen LogP contribution in [0.1, 0.15) is 74.4 Å². The van der Waals surface area contributed by atoms with Crippen molar-refractivity contribution in [3.8, 4) is 5.75 Å². The summed E-state index contributed by atoms with van der Waals surface area (Å²) in [5.41, 5.74) is 4.69. The molecule has 35 heavy (non-hydrogen) atoms. The van der Waals surface area contributed by atoms with Crippen molar-refractivity contribution in [1.82, 2.24) is 14.8 Å². The molecule has 1 aromatic heterocycles. The molecule has 1 heterocycles. The highest BCUT2D eigenvalue weighted by Crippen LogP contribution is 2.33. The second kappa shape index (κ2) is 12.2. The number of nitrogens with one attached hydrogen (secondary N) is 1. The van der Waals surface area contributed by atoms with Crippen LogP contribution in [0.5, 0.6) is 5.75 Å². The highest BCUT2D eigenvalue weighted by Gasteiger charge is 2.16. The van der Waals surface area contributed by atoms with Gasteiger partial charge in [0.25, 0.3) is 0 Å². The Kier molecular flexibility index (Phi) is 8.85. The maximum atomic E-state index is 12.7. The third-order valence-electron chi connectivity index (χ3n) is 6.85. The van der Waals surface area contributed by atoms with Crippen LogP contribution in [0.25, 0.3) is 0 Å². The van der Waals surface area contributed by atoms with Crippen molar-refractivity contribution < 1.29 is 9.53 Å². The zero-order valence-electron chi connectivity index (χ0n) is 21.0. The molecule has 3 aromatic rings. The number of ether oxygens (including phenoxy) is 1. The summed E-state index contributed by atoms with van der Waals surface area (Å²) in [6, 6.07) is 14.7. The fourth-order valence-electron chi connectivity index (χ4n) is 4.73. The summed E-state index contributed by atoms with van der Waals surface area (Å²) in [4.78, 5) is 12.7. The molecule has 2 aromatic carbocycles. The number of aromatic nitrogens is 3. The average molecular weight is 493 g/mol. The first-order valence-electron chi connectivity index (χ1n) is 12.7. The first-order valence-corrected chi connectivity index (χ1v) is 13.7. The molecule has 1 amide bonds. The van der Waals surface area contributed by atoms with Crippen LogP contribution >= 0.6 is 11.8 Å². The topological polar surface area (TPSA) is 69.0 Å². The van der Waals surface area contributed by atoms with Crippen LogP contribution in [-0.4, -0.2) is 26.4 Å². The molecule has 6 nitrogen and oxygen atoms in total. The number of thioether (sulfide) groups is 1. The second-order valence-corrected chi connectivity index (χ2v) is 10.1. The molecule has 1 N–H and O–H groups in total. The number of amides is 1. The van der Waals surface area contributed by atoms with Gasteiger partial charge < -0.3 is 14.6 Å². The van der Waals surface area contributed by atoms with E-state index < -0.39 is 0 Å². The second-order valence-electron chi connectivity index (χ2n) is 9.15. The summed E-state index contributed by atoms with van der Waals surface area (Å²) in [7, 11) is 1.91. The van der Waals surface area contributed by atoms with Gasteiger partial charge in [-0.1, -0.05) is 75.2 Å². The number of aryl methyl sites for hydroxylation is 2. The van der Waals surface area contributed by atoms with Crippen molar-refractivity contribution in [2.75, 3.05) is 11.1 Å². The molecule has 7 heteroatoms. The molecule has 0 spiro atoms. The Bertz CT molecular complexity index is 1100. The summed E-state index contributed by atoms with van der Waals surface area (Å²) in [5, 5.41) is 12.3. The largest absolute Gasteiger partial charge is 0.486 e. The van der Waals surface area contributed by atoms with Crippen molar-refractivity contribution in [1.29, 1.82) is 0 Å². The van der Waals surface area contributed by atoms with Crippen molar-refractivity contribution in [2.45, 2.75) is 76.5 Å². The van der Waals surface area contributed by atoms with Gasteiger partial charge in [-0.15, -0.1) is 10.2 Å². The van der Waals surface area contributed by atoms with E-state index >= 15 is 0 Å². The molecule has 1 aliphatic carbocycles. The Morgan fingerprint density at radius 1 is 1.03 bits per heavy atom. The van der Waals surface area contributed by atoms with E-state index in [0.29, 0.717) is 17.7 Å². The number of rotatable bonds is 10. The number of para-hydroxylation sites is 1. The van der Waals surface area contributed by atoms with Crippen molar-refractivity contribution >= 4 is 23.4 Å². The number of carbonyl (C=O) groups excluding carboxylic acids is 1. The van der Waals surface area contributed by atoms with E-state index in [1.165, 1.54) is 49.4 Å². The van der Waals surface area contributed by atoms with Gasteiger partial charge in [-0.05, 0) is 60.4 Å². The van der Waals surface area contributed by atoms with Gasteiger partial charge in [0.05, 0.1) is 5.75 Å². The van der Waals surface area contributed by atoms with Crippen LogP contribution in [0.2, 0.25) is 0 Å².